The Kier molecular flexibility index (Phi) is 6.82. The van der Waals surface area contributed by atoms with Crippen LogP contribution in [0.25, 0.3) is 0 Å². The number of nitrogen functional groups attached to an aromatic ring is 1. The number of nitrogens with two attached hydrogens (primary N) is 1. The molecule has 0 amide bonds. The maximum atomic E-state index is 8.74. The van der Waals surface area contributed by atoms with Crippen molar-refractivity contribution in [3.05, 3.63) is 75.7 Å². The summed E-state index contributed by atoms with van der Waals surface area (Å²) in [5.74, 6) is 1.50. The summed E-state index contributed by atoms with van der Waals surface area (Å²) in [6.07, 6.45) is 8.22. The van der Waals surface area contributed by atoms with Crippen LogP contribution in [0.15, 0.2) is 48.9 Å². The Labute approximate surface area is 214 Å². The van der Waals surface area contributed by atoms with Gasteiger partial charge in [-0.25, -0.2) is 4.98 Å². The van der Waals surface area contributed by atoms with Crippen LogP contribution in [0.2, 0.25) is 10.0 Å². The number of benzene rings is 1. The fourth-order valence-corrected chi connectivity index (χ4v) is 5.18. The van der Waals surface area contributed by atoms with Crippen molar-refractivity contribution >= 4 is 40.4 Å². The molecule has 3 aromatic rings. The second-order valence-corrected chi connectivity index (χ2v) is 10.0. The van der Waals surface area contributed by atoms with Gasteiger partial charge in [-0.15, -0.1) is 0 Å². The summed E-state index contributed by atoms with van der Waals surface area (Å²) in [6, 6.07) is 9.15. The molecule has 0 aliphatic carbocycles. The summed E-state index contributed by atoms with van der Waals surface area (Å²) in [4.78, 5) is 10.9. The zero-order valence-electron chi connectivity index (χ0n) is 19.3. The van der Waals surface area contributed by atoms with Gasteiger partial charge in [-0.3, -0.25) is 10.4 Å². The van der Waals surface area contributed by atoms with E-state index in [0.717, 1.165) is 51.4 Å². The lowest BCUT2D eigenvalue weighted by molar-refractivity contribution is 0.133. The number of halogens is 2. The summed E-state index contributed by atoms with van der Waals surface area (Å²) in [5.41, 5.74) is 9.25. The molecule has 0 bridgehead atoms. The molecule has 0 atom stereocenters. The van der Waals surface area contributed by atoms with Crippen molar-refractivity contribution in [1.82, 2.24) is 9.97 Å². The highest BCUT2D eigenvalue weighted by atomic mass is 35.5. The quantitative estimate of drug-likeness (QED) is 0.341. The Morgan fingerprint density at radius 3 is 2.51 bits per heavy atom. The number of nitrogens with zero attached hydrogens (tertiary/aromatic N) is 3. The summed E-state index contributed by atoms with van der Waals surface area (Å²) < 4.78 is 11.5. The Balaban J connectivity index is 1.26. The standard InChI is InChI=1S/C26H27Cl2N5O2/c27-21-13-31-14-22(28)20(21)15-35-18-2-3-23(29)19(11-18)25(30)17-1-4-24(32-12-17)33-8-5-26(6-9-33)7-10-34-16-26/h1-4,11-14,30H,5-10,15-16,29H2. The number of nitrogens with one attached hydrogen (secondary N) is 1. The normalized spacial score (nSPS) is 17.0. The molecule has 0 saturated carbocycles. The lowest BCUT2D eigenvalue weighted by Crippen LogP contribution is -2.40. The van der Waals surface area contributed by atoms with Gasteiger partial charge in [0.15, 0.2) is 0 Å². The van der Waals surface area contributed by atoms with Gasteiger partial charge in [-0.05, 0) is 55.0 Å². The van der Waals surface area contributed by atoms with Gasteiger partial charge >= 0.3 is 0 Å². The lowest BCUT2D eigenvalue weighted by Gasteiger charge is -2.38. The van der Waals surface area contributed by atoms with Crippen LogP contribution in [0.3, 0.4) is 0 Å². The zero-order valence-corrected chi connectivity index (χ0v) is 20.8. The molecule has 2 aliphatic rings. The third-order valence-electron chi connectivity index (χ3n) is 7.00. The predicted molar refractivity (Wildman–Crippen MR) is 139 cm³/mol. The number of pyridine rings is 2. The van der Waals surface area contributed by atoms with Crippen LogP contribution in [0.1, 0.15) is 36.0 Å². The molecule has 2 aromatic heterocycles. The lowest BCUT2D eigenvalue weighted by atomic mass is 9.78. The first-order valence-electron chi connectivity index (χ1n) is 11.6. The highest BCUT2D eigenvalue weighted by Gasteiger charge is 2.38. The van der Waals surface area contributed by atoms with Gasteiger partial charge in [0.2, 0.25) is 0 Å². The van der Waals surface area contributed by atoms with E-state index in [-0.39, 0.29) is 12.3 Å². The van der Waals surface area contributed by atoms with Crippen molar-refractivity contribution in [2.45, 2.75) is 25.9 Å². The summed E-state index contributed by atoms with van der Waals surface area (Å²) in [7, 11) is 0. The largest absolute Gasteiger partial charge is 0.489 e. The summed E-state index contributed by atoms with van der Waals surface area (Å²) >= 11 is 12.4. The van der Waals surface area contributed by atoms with Crippen molar-refractivity contribution in [1.29, 1.82) is 5.41 Å². The van der Waals surface area contributed by atoms with E-state index in [4.69, 9.17) is 43.8 Å². The minimum absolute atomic E-state index is 0.177. The predicted octanol–water partition coefficient (Wildman–Crippen LogP) is 5.37. The fourth-order valence-electron chi connectivity index (χ4n) is 4.70. The van der Waals surface area contributed by atoms with E-state index in [1.807, 2.05) is 12.1 Å². The average molecular weight is 512 g/mol. The first-order valence-corrected chi connectivity index (χ1v) is 12.4. The van der Waals surface area contributed by atoms with Crippen molar-refractivity contribution in [2.75, 3.05) is 36.9 Å². The number of anilines is 2. The van der Waals surface area contributed by atoms with Crippen LogP contribution in [0, 0.1) is 10.8 Å². The van der Waals surface area contributed by atoms with Gasteiger partial charge in [-0.1, -0.05) is 23.2 Å². The highest BCUT2D eigenvalue weighted by molar-refractivity contribution is 6.35. The molecule has 35 heavy (non-hydrogen) atoms. The second kappa shape index (κ2) is 10.0. The second-order valence-electron chi connectivity index (χ2n) is 9.19. The van der Waals surface area contributed by atoms with Gasteiger partial charge in [0, 0.05) is 60.7 Å². The van der Waals surface area contributed by atoms with Crippen LogP contribution in [-0.2, 0) is 11.3 Å². The van der Waals surface area contributed by atoms with Gasteiger partial charge in [0.25, 0.3) is 0 Å². The van der Waals surface area contributed by atoms with Crippen molar-refractivity contribution in [3.8, 4) is 5.75 Å². The molecule has 182 valence electrons. The highest BCUT2D eigenvalue weighted by Crippen LogP contribution is 2.39. The van der Waals surface area contributed by atoms with E-state index in [1.54, 1.807) is 24.4 Å². The molecule has 1 spiro atoms. The minimum Gasteiger partial charge on any atom is -0.489 e. The number of hydrogen-bond acceptors (Lipinski definition) is 7. The van der Waals surface area contributed by atoms with Crippen LogP contribution in [-0.4, -0.2) is 42.0 Å². The number of ether oxygens (including phenoxy) is 2. The van der Waals surface area contributed by atoms with Crippen LogP contribution >= 0.6 is 23.2 Å². The third kappa shape index (κ3) is 5.08. The average Bonchev–Trinajstić information content (AvgIpc) is 3.32. The molecule has 2 fully saturated rings. The molecule has 1 aromatic carbocycles. The topological polar surface area (TPSA) is 97.4 Å². The minimum atomic E-state index is 0.177. The van der Waals surface area contributed by atoms with Crippen LogP contribution in [0.4, 0.5) is 11.5 Å². The molecule has 3 N–H and O–H groups in total. The molecular weight excluding hydrogens is 485 g/mol. The molecule has 5 rings (SSSR count). The van der Waals surface area contributed by atoms with Crippen molar-refractivity contribution < 1.29 is 9.47 Å². The number of hydrogen-bond donors (Lipinski definition) is 2. The van der Waals surface area contributed by atoms with Gasteiger partial charge in [0.05, 0.1) is 22.4 Å². The number of rotatable bonds is 6. The number of aromatic nitrogens is 2. The van der Waals surface area contributed by atoms with Gasteiger partial charge in [0.1, 0.15) is 18.2 Å². The number of piperidine rings is 1. The van der Waals surface area contributed by atoms with Gasteiger partial charge < -0.3 is 20.1 Å². The molecule has 0 unspecified atom stereocenters. The molecule has 2 aliphatic heterocycles. The van der Waals surface area contributed by atoms with E-state index in [9.17, 15) is 0 Å². The zero-order chi connectivity index (χ0) is 24.4. The van der Waals surface area contributed by atoms with Crippen LogP contribution < -0.4 is 15.4 Å². The fraction of sp³-hybridized carbons (Fsp3) is 0.346. The Hall–Kier alpha value is -2.87. The van der Waals surface area contributed by atoms with Crippen molar-refractivity contribution in [3.63, 3.8) is 0 Å². The monoisotopic (exact) mass is 511 g/mol. The van der Waals surface area contributed by atoms with E-state index >= 15 is 0 Å². The Morgan fingerprint density at radius 1 is 1.09 bits per heavy atom. The molecule has 2 saturated heterocycles. The smallest absolute Gasteiger partial charge is 0.128 e. The molecular formula is C26H27Cl2N5O2. The van der Waals surface area contributed by atoms with E-state index in [1.165, 1.54) is 12.4 Å². The van der Waals surface area contributed by atoms with E-state index < -0.39 is 0 Å². The maximum Gasteiger partial charge on any atom is 0.128 e. The SMILES string of the molecule is N=C(c1ccc(N2CCC3(CCOC3)CC2)nc1)c1cc(OCc2c(Cl)cncc2Cl)ccc1N. The third-order valence-corrected chi connectivity index (χ3v) is 7.65. The maximum absolute atomic E-state index is 8.74. The van der Waals surface area contributed by atoms with Gasteiger partial charge in [-0.2, -0.15) is 0 Å². The first kappa shape index (κ1) is 23.9. The Bertz CT molecular complexity index is 1200. The van der Waals surface area contributed by atoms with E-state index in [0.29, 0.717) is 43.6 Å². The summed E-state index contributed by atoms with van der Waals surface area (Å²) in [6.45, 7) is 3.90. The van der Waals surface area contributed by atoms with Crippen LogP contribution in [0.5, 0.6) is 5.75 Å². The Morgan fingerprint density at radius 2 is 1.86 bits per heavy atom. The molecule has 4 heterocycles. The molecule has 7 nitrogen and oxygen atoms in total. The van der Waals surface area contributed by atoms with E-state index in [2.05, 4.69) is 14.9 Å². The summed E-state index contributed by atoms with van der Waals surface area (Å²) in [5, 5.41) is 9.62. The first-order chi connectivity index (χ1) is 16.9. The van der Waals surface area contributed by atoms with Crippen molar-refractivity contribution in [2.24, 2.45) is 5.41 Å². The molecule has 9 heteroatoms. The molecule has 0 radical (unpaired) electrons.